The minimum absolute atomic E-state index is 0.00473. The fourth-order valence-corrected chi connectivity index (χ4v) is 2.34. The maximum atomic E-state index is 12.8. The van der Waals surface area contributed by atoms with Crippen LogP contribution in [0.5, 0.6) is 0 Å². The quantitative estimate of drug-likeness (QED) is 0.776. The molecule has 0 spiro atoms. The summed E-state index contributed by atoms with van der Waals surface area (Å²) in [6.45, 7) is 0.114. The molecule has 0 saturated carbocycles. The van der Waals surface area contributed by atoms with E-state index in [9.17, 15) is 18.0 Å². The van der Waals surface area contributed by atoms with Gasteiger partial charge in [-0.2, -0.15) is 13.2 Å². The summed E-state index contributed by atoms with van der Waals surface area (Å²) >= 11 is 5.91. The number of nitrogens with one attached hydrogen (secondary N) is 2. The molecular weight excluding hydrogens is 353 g/mol. The smallest absolute Gasteiger partial charge is 0.323 e. The first-order valence-corrected chi connectivity index (χ1v) is 7.60. The number of hydrogen-bond acceptors (Lipinski definition) is 2. The Labute approximate surface area is 148 Å². The molecule has 0 radical (unpaired) electrons. The van der Waals surface area contributed by atoms with Gasteiger partial charge in [0, 0.05) is 0 Å². The molecule has 0 aromatic heterocycles. The monoisotopic (exact) mass is 366 g/mol. The number of hydrogen-bond donors (Lipinski definition) is 2. The van der Waals surface area contributed by atoms with E-state index >= 15 is 0 Å². The average molecular weight is 367 g/mol. The molecule has 2 rings (SSSR count). The Bertz CT molecular complexity index is 785. The number of carbonyl (C=O) groups is 1. The Morgan fingerprint density at radius 3 is 2.48 bits per heavy atom. The lowest BCUT2D eigenvalue weighted by Crippen LogP contribution is -2.33. The van der Waals surface area contributed by atoms with Crippen LogP contribution in [-0.2, 0) is 11.0 Å². The topological polar surface area (TPSA) is 41.1 Å². The number of halogens is 4. The molecule has 2 N–H and O–H groups in total. The normalized spacial score (nSPS) is 12.3. The molecule has 0 saturated heterocycles. The van der Waals surface area contributed by atoms with E-state index in [1.165, 1.54) is 0 Å². The number of terminal acetylenes is 1. The molecule has 0 heterocycles. The average Bonchev–Trinajstić information content (AvgIpc) is 2.57. The van der Waals surface area contributed by atoms with Crippen LogP contribution in [0.2, 0.25) is 5.02 Å². The van der Waals surface area contributed by atoms with Crippen molar-refractivity contribution in [2.24, 2.45) is 0 Å². The van der Waals surface area contributed by atoms with Crippen LogP contribution in [0, 0.1) is 12.3 Å². The zero-order chi connectivity index (χ0) is 18.4. The number of carbonyl (C=O) groups excluding carboxylic acids is 1. The van der Waals surface area contributed by atoms with Crippen molar-refractivity contribution in [1.82, 2.24) is 5.32 Å². The Morgan fingerprint density at radius 2 is 1.88 bits per heavy atom. The lowest BCUT2D eigenvalue weighted by Gasteiger charge is -2.19. The molecule has 7 heteroatoms. The van der Waals surface area contributed by atoms with E-state index in [1.54, 1.807) is 30.3 Å². The van der Waals surface area contributed by atoms with Gasteiger partial charge in [0.2, 0.25) is 5.91 Å². The van der Waals surface area contributed by atoms with Crippen LogP contribution in [0.25, 0.3) is 0 Å². The van der Waals surface area contributed by atoms with E-state index in [-0.39, 0.29) is 17.3 Å². The van der Waals surface area contributed by atoms with Crippen LogP contribution < -0.4 is 10.6 Å². The molecule has 2 aromatic rings. The van der Waals surface area contributed by atoms with Crippen molar-refractivity contribution in [3.63, 3.8) is 0 Å². The number of benzene rings is 2. The van der Waals surface area contributed by atoms with Gasteiger partial charge in [0.05, 0.1) is 22.8 Å². The number of amides is 1. The Kier molecular flexibility index (Phi) is 6.07. The van der Waals surface area contributed by atoms with Gasteiger partial charge >= 0.3 is 6.18 Å². The van der Waals surface area contributed by atoms with Crippen molar-refractivity contribution in [1.29, 1.82) is 0 Å². The van der Waals surface area contributed by atoms with Crippen LogP contribution in [-0.4, -0.2) is 12.5 Å². The molecule has 25 heavy (non-hydrogen) atoms. The predicted octanol–water partition coefficient (Wildman–Crippen LogP) is 4.26. The Morgan fingerprint density at radius 1 is 1.20 bits per heavy atom. The minimum Gasteiger partial charge on any atom is -0.323 e. The molecule has 0 bridgehead atoms. The van der Waals surface area contributed by atoms with Crippen LogP contribution in [0.4, 0.5) is 18.9 Å². The van der Waals surface area contributed by atoms with Crippen LogP contribution >= 0.6 is 11.6 Å². The van der Waals surface area contributed by atoms with Crippen LogP contribution in [0.1, 0.15) is 17.2 Å². The molecule has 0 aliphatic heterocycles. The predicted molar refractivity (Wildman–Crippen MR) is 91.1 cm³/mol. The highest BCUT2D eigenvalue weighted by atomic mass is 35.5. The molecule has 1 amide bonds. The van der Waals surface area contributed by atoms with Crippen LogP contribution in [0.15, 0.2) is 48.5 Å². The van der Waals surface area contributed by atoms with E-state index in [1.807, 2.05) is 0 Å². The maximum Gasteiger partial charge on any atom is 0.416 e. The molecule has 0 fully saturated rings. The lowest BCUT2D eigenvalue weighted by atomic mass is 10.1. The highest BCUT2D eigenvalue weighted by Gasteiger charge is 2.31. The van der Waals surface area contributed by atoms with E-state index in [4.69, 9.17) is 18.0 Å². The number of alkyl halides is 3. The van der Waals surface area contributed by atoms with Gasteiger partial charge in [-0.15, -0.1) is 6.42 Å². The van der Waals surface area contributed by atoms with Gasteiger partial charge in [0.25, 0.3) is 0 Å². The lowest BCUT2D eigenvalue weighted by molar-refractivity contribution is -0.137. The summed E-state index contributed by atoms with van der Waals surface area (Å²) in [5.74, 6) is 1.79. The van der Waals surface area contributed by atoms with E-state index in [0.29, 0.717) is 5.56 Å². The van der Waals surface area contributed by atoms with Gasteiger partial charge in [-0.1, -0.05) is 47.9 Å². The van der Waals surface area contributed by atoms with Crippen molar-refractivity contribution >= 4 is 23.2 Å². The fraction of sp³-hybridized carbons (Fsp3) is 0.167. The summed E-state index contributed by atoms with van der Waals surface area (Å²) in [5.41, 5.74) is -0.400. The second-order valence-corrected chi connectivity index (χ2v) is 5.52. The van der Waals surface area contributed by atoms with Crippen molar-refractivity contribution < 1.29 is 18.0 Å². The molecule has 1 atom stereocenters. The zero-order valence-electron chi connectivity index (χ0n) is 12.9. The van der Waals surface area contributed by atoms with Gasteiger partial charge in [0.1, 0.15) is 6.04 Å². The zero-order valence-corrected chi connectivity index (χ0v) is 13.7. The van der Waals surface area contributed by atoms with Crippen molar-refractivity contribution in [2.45, 2.75) is 12.2 Å². The highest BCUT2D eigenvalue weighted by Crippen LogP contribution is 2.34. The molecular formula is C18H14ClF3N2O. The second-order valence-electron chi connectivity index (χ2n) is 5.11. The summed E-state index contributed by atoms with van der Waals surface area (Å²) < 4.78 is 38.5. The summed E-state index contributed by atoms with van der Waals surface area (Å²) in [4.78, 5) is 12.6. The number of rotatable bonds is 5. The number of anilines is 1. The minimum atomic E-state index is -4.54. The third kappa shape index (κ3) is 4.99. The largest absolute Gasteiger partial charge is 0.416 e. The van der Waals surface area contributed by atoms with Crippen molar-refractivity contribution in [3.8, 4) is 12.3 Å². The van der Waals surface area contributed by atoms with E-state index in [2.05, 4.69) is 16.6 Å². The Hall–Kier alpha value is -2.49. The van der Waals surface area contributed by atoms with Crippen LogP contribution in [0.3, 0.4) is 0 Å². The van der Waals surface area contributed by atoms with Gasteiger partial charge in [-0.05, 0) is 23.8 Å². The third-order valence-corrected chi connectivity index (χ3v) is 3.68. The highest BCUT2D eigenvalue weighted by molar-refractivity contribution is 6.33. The SMILES string of the molecule is C#CCN[C@H](C(=O)Nc1cc(C(F)(F)F)ccc1Cl)c1ccccc1. The first-order valence-electron chi connectivity index (χ1n) is 7.22. The first kappa shape index (κ1) is 18.8. The van der Waals surface area contributed by atoms with Crippen molar-refractivity contribution in [2.75, 3.05) is 11.9 Å². The summed E-state index contributed by atoms with van der Waals surface area (Å²) in [7, 11) is 0. The molecule has 2 aromatic carbocycles. The summed E-state index contributed by atoms with van der Waals surface area (Å²) in [6, 6.07) is 10.6. The first-order chi connectivity index (χ1) is 11.8. The Balaban J connectivity index is 2.28. The van der Waals surface area contributed by atoms with E-state index in [0.717, 1.165) is 18.2 Å². The second kappa shape index (κ2) is 8.06. The van der Waals surface area contributed by atoms with Gasteiger partial charge < -0.3 is 5.32 Å². The molecule has 0 aliphatic rings. The van der Waals surface area contributed by atoms with Gasteiger partial charge in [-0.3, -0.25) is 10.1 Å². The molecule has 3 nitrogen and oxygen atoms in total. The van der Waals surface area contributed by atoms with Crippen molar-refractivity contribution in [3.05, 3.63) is 64.7 Å². The van der Waals surface area contributed by atoms with E-state index < -0.39 is 23.7 Å². The summed E-state index contributed by atoms with van der Waals surface area (Å²) in [5, 5.41) is 5.29. The maximum absolute atomic E-state index is 12.8. The fourth-order valence-electron chi connectivity index (χ4n) is 2.17. The molecule has 0 aliphatic carbocycles. The van der Waals surface area contributed by atoms with Gasteiger partial charge in [0.15, 0.2) is 0 Å². The standard InChI is InChI=1S/C18H14ClF3N2O/c1-2-10-23-16(12-6-4-3-5-7-12)17(25)24-15-11-13(18(20,21)22)8-9-14(15)19/h1,3-9,11,16,23H,10H2,(H,24,25)/t16-/m0/s1. The molecule has 0 unspecified atom stereocenters. The van der Waals surface area contributed by atoms with Gasteiger partial charge in [-0.25, -0.2) is 0 Å². The molecule has 130 valence electrons. The third-order valence-electron chi connectivity index (χ3n) is 3.35. The summed E-state index contributed by atoms with van der Waals surface area (Å²) in [6.07, 6.45) is 0.672.